The highest BCUT2D eigenvalue weighted by atomic mass is 32.2. The highest BCUT2D eigenvalue weighted by Crippen LogP contribution is 2.43. The van der Waals surface area contributed by atoms with E-state index in [9.17, 15) is 0 Å². The standard InChI is InChI=1S/C26H27NOS/c1-19(27(2)3)28-22-15-13-21(14-16-22)26(20-9-5-4-6-10-20)24-17-18-29-25-12-8-7-11-23(24)25/h4-16,19H,17-18H2,1-3H3/b26-24-. The molecule has 1 aliphatic heterocycles. The maximum atomic E-state index is 6.02. The van der Waals surface area contributed by atoms with Crippen LogP contribution in [0.25, 0.3) is 11.1 Å². The van der Waals surface area contributed by atoms with Gasteiger partial charge in [-0.2, -0.15) is 0 Å². The molecule has 148 valence electrons. The molecule has 0 aromatic heterocycles. The minimum Gasteiger partial charge on any atom is -0.475 e. The normalized spacial score (nSPS) is 16.3. The summed E-state index contributed by atoms with van der Waals surface area (Å²) in [5, 5.41) is 0. The SMILES string of the molecule is CC(Oc1ccc(/C(=C2/CCSc3ccccc32)c2ccccc2)cc1)N(C)C. The second-order valence-corrected chi connectivity index (χ2v) is 8.66. The van der Waals surface area contributed by atoms with Crippen LogP contribution < -0.4 is 4.74 Å². The minimum atomic E-state index is 0.0371. The van der Waals surface area contributed by atoms with Crippen LogP contribution in [0.15, 0.2) is 83.8 Å². The average molecular weight is 402 g/mol. The Balaban J connectivity index is 1.80. The molecule has 0 amide bonds. The molecule has 0 aliphatic carbocycles. The lowest BCUT2D eigenvalue weighted by Gasteiger charge is -2.24. The molecule has 3 aromatic rings. The summed E-state index contributed by atoms with van der Waals surface area (Å²) >= 11 is 1.95. The molecular formula is C26H27NOS. The van der Waals surface area contributed by atoms with Crippen LogP contribution in [0.2, 0.25) is 0 Å². The number of thioether (sulfide) groups is 1. The van der Waals surface area contributed by atoms with Crippen LogP contribution in [0.1, 0.15) is 30.0 Å². The Bertz CT molecular complexity index is 993. The van der Waals surface area contributed by atoms with E-state index in [1.165, 1.54) is 32.7 Å². The van der Waals surface area contributed by atoms with Crippen molar-refractivity contribution in [3.8, 4) is 5.75 Å². The zero-order valence-electron chi connectivity index (χ0n) is 17.3. The van der Waals surface area contributed by atoms with Crippen molar-refractivity contribution in [1.82, 2.24) is 4.90 Å². The van der Waals surface area contributed by atoms with E-state index in [0.717, 1.165) is 17.9 Å². The first-order chi connectivity index (χ1) is 14.1. The molecule has 0 fully saturated rings. The van der Waals surface area contributed by atoms with Gasteiger partial charge in [-0.3, -0.25) is 4.90 Å². The van der Waals surface area contributed by atoms with Gasteiger partial charge in [-0.05, 0) is 73.5 Å². The van der Waals surface area contributed by atoms with Crippen molar-refractivity contribution >= 4 is 22.9 Å². The Labute approximate surface area is 178 Å². The molecule has 0 N–H and O–H groups in total. The van der Waals surface area contributed by atoms with Gasteiger partial charge in [0.15, 0.2) is 0 Å². The molecule has 1 unspecified atom stereocenters. The lowest BCUT2D eigenvalue weighted by Crippen LogP contribution is -2.30. The molecule has 1 aliphatic rings. The van der Waals surface area contributed by atoms with Crippen LogP contribution >= 0.6 is 11.8 Å². The molecule has 0 saturated carbocycles. The van der Waals surface area contributed by atoms with Crippen molar-refractivity contribution in [2.45, 2.75) is 24.5 Å². The molecule has 2 nitrogen and oxygen atoms in total. The molecule has 1 heterocycles. The number of benzene rings is 3. The molecule has 4 rings (SSSR count). The number of fused-ring (bicyclic) bond motifs is 1. The number of allylic oxidation sites excluding steroid dienone is 1. The first-order valence-electron chi connectivity index (χ1n) is 10.1. The molecule has 29 heavy (non-hydrogen) atoms. The van der Waals surface area contributed by atoms with Gasteiger partial charge in [0.2, 0.25) is 0 Å². The maximum Gasteiger partial charge on any atom is 0.149 e. The van der Waals surface area contributed by atoms with Gasteiger partial charge >= 0.3 is 0 Å². The molecule has 3 aromatic carbocycles. The third-order valence-electron chi connectivity index (χ3n) is 5.36. The van der Waals surface area contributed by atoms with Crippen LogP contribution in [-0.4, -0.2) is 31.0 Å². The van der Waals surface area contributed by atoms with Crippen molar-refractivity contribution < 1.29 is 4.74 Å². The molecule has 3 heteroatoms. The smallest absolute Gasteiger partial charge is 0.149 e. The van der Waals surface area contributed by atoms with E-state index in [4.69, 9.17) is 4.74 Å². The van der Waals surface area contributed by atoms with Gasteiger partial charge in [0.05, 0.1) is 0 Å². The molecule has 0 radical (unpaired) electrons. The Morgan fingerprint density at radius 1 is 0.862 bits per heavy atom. The summed E-state index contributed by atoms with van der Waals surface area (Å²) in [6.07, 6.45) is 1.11. The first-order valence-corrected chi connectivity index (χ1v) is 11.1. The van der Waals surface area contributed by atoms with Crippen LogP contribution in [-0.2, 0) is 0 Å². The molecule has 0 saturated heterocycles. The summed E-state index contributed by atoms with van der Waals surface area (Å²) in [7, 11) is 4.05. The van der Waals surface area contributed by atoms with Gasteiger partial charge in [-0.15, -0.1) is 11.8 Å². The highest BCUT2D eigenvalue weighted by Gasteiger charge is 2.20. The van der Waals surface area contributed by atoms with Gasteiger partial charge in [0.25, 0.3) is 0 Å². The fraction of sp³-hybridized carbons (Fsp3) is 0.231. The van der Waals surface area contributed by atoms with Gasteiger partial charge in [0, 0.05) is 10.6 Å². The van der Waals surface area contributed by atoms with Gasteiger partial charge in [-0.1, -0.05) is 60.7 Å². The number of hydrogen-bond donors (Lipinski definition) is 0. The molecule has 0 bridgehead atoms. The largest absolute Gasteiger partial charge is 0.475 e. The van der Waals surface area contributed by atoms with E-state index < -0.39 is 0 Å². The summed E-state index contributed by atoms with van der Waals surface area (Å²) in [6, 6.07) is 28.1. The summed E-state index contributed by atoms with van der Waals surface area (Å²) < 4.78 is 6.02. The predicted molar refractivity (Wildman–Crippen MR) is 124 cm³/mol. The molecule has 0 spiro atoms. The van der Waals surface area contributed by atoms with Crippen LogP contribution in [0.4, 0.5) is 0 Å². The van der Waals surface area contributed by atoms with E-state index in [2.05, 4.69) is 90.7 Å². The lowest BCUT2D eigenvalue weighted by atomic mass is 9.88. The Kier molecular flexibility index (Phi) is 6.08. The Morgan fingerprint density at radius 2 is 1.52 bits per heavy atom. The van der Waals surface area contributed by atoms with Gasteiger partial charge < -0.3 is 4.74 Å². The zero-order chi connectivity index (χ0) is 20.2. The zero-order valence-corrected chi connectivity index (χ0v) is 18.1. The second-order valence-electron chi connectivity index (χ2n) is 7.52. The third kappa shape index (κ3) is 4.42. The van der Waals surface area contributed by atoms with Crippen molar-refractivity contribution in [3.05, 3.63) is 95.6 Å². The van der Waals surface area contributed by atoms with E-state index in [1.54, 1.807) is 0 Å². The molecule has 1 atom stereocenters. The van der Waals surface area contributed by atoms with E-state index in [0.29, 0.717) is 0 Å². The number of ether oxygens (including phenoxy) is 1. The van der Waals surface area contributed by atoms with Crippen LogP contribution in [0, 0.1) is 0 Å². The second kappa shape index (κ2) is 8.89. The number of nitrogens with zero attached hydrogens (tertiary/aromatic N) is 1. The summed E-state index contributed by atoms with van der Waals surface area (Å²) in [4.78, 5) is 3.43. The first kappa shape index (κ1) is 19.8. The Hall–Kier alpha value is -2.49. The van der Waals surface area contributed by atoms with E-state index >= 15 is 0 Å². The summed E-state index contributed by atoms with van der Waals surface area (Å²) in [5.41, 5.74) is 6.62. The fourth-order valence-electron chi connectivity index (χ4n) is 3.62. The van der Waals surface area contributed by atoms with Gasteiger partial charge in [0.1, 0.15) is 12.0 Å². The van der Waals surface area contributed by atoms with Crippen molar-refractivity contribution in [2.75, 3.05) is 19.8 Å². The van der Waals surface area contributed by atoms with Gasteiger partial charge in [-0.25, -0.2) is 0 Å². The number of hydrogen-bond acceptors (Lipinski definition) is 3. The minimum absolute atomic E-state index is 0.0371. The quantitative estimate of drug-likeness (QED) is 0.457. The average Bonchev–Trinajstić information content (AvgIpc) is 2.76. The van der Waals surface area contributed by atoms with Crippen LogP contribution in [0.3, 0.4) is 0 Å². The topological polar surface area (TPSA) is 12.5 Å². The summed E-state index contributed by atoms with van der Waals surface area (Å²) in [6.45, 7) is 2.06. The Morgan fingerprint density at radius 3 is 2.24 bits per heavy atom. The predicted octanol–water partition coefficient (Wildman–Crippen LogP) is 6.43. The highest BCUT2D eigenvalue weighted by molar-refractivity contribution is 7.99. The third-order valence-corrected chi connectivity index (χ3v) is 6.44. The van der Waals surface area contributed by atoms with Crippen LogP contribution in [0.5, 0.6) is 5.75 Å². The monoisotopic (exact) mass is 401 g/mol. The summed E-state index contributed by atoms with van der Waals surface area (Å²) in [5.74, 6) is 2.01. The van der Waals surface area contributed by atoms with E-state index in [1.807, 2.05) is 25.9 Å². The number of rotatable bonds is 5. The van der Waals surface area contributed by atoms with Crippen molar-refractivity contribution in [2.24, 2.45) is 0 Å². The van der Waals surface area contributed by atoms with E-state index in [-0.39, 0.29) is 6.23 Å². The lowest BCUT2D eigenvalue weighted by molar-refractivity contribution is 0.0815. The maximum absolute atomic E-state index is 6.02. The van der Waals surface area contributed by atoms with Crippen molar-refractivity contribution in [3.63, 3.8) is 0 Å². The van der Waals surface area contributed by atoms with Crippen molar-refractivity contribution in [1.29, 1.82) is 0 Å². The molecular weight excluding hydrogens is 374 g/mol. The fourth-order valence-corrected chi connectivity index (χ4v) is 4.67.